The third kappa shape index (κ3) is 4.62. The largest absolute Gasteiger partial charge is 0.408 e. The fourth-order valence-corrected chi connectivity index (χ4v) is 1.96. The number of aromatic nitrogens is 2. The van der Waals surface area contributed by atoms with Crippen molar-refractivity contribution in [3.8, 4) is 0 Å². The average molecular weight is 364 g/mol. The van der Waals surface area contributed by atoms with Gasteiger partial charge < -0.3 is 16.7 Å². The summed E-state index contributed by atoms with van der Waals surface area (Å²) in [5.41, 5.74) is 3.12. The molecule has 1 radical (unpaired) electrons. The van der Waals surface area contributed by atoms with Crippen molar-refractivity contribution in [2.24, 2.45) is 0 Å². The number of nitrogens with zero attached hydrogens (tertiary/aromatic N) is 2. The number of nitrogens with one attached hydrogen (secondary N) is 2. The summed E-state index contributed by atoms with van der Waals surface area (Å²) in [6.07, 6.45) is 1.61. The third-order valence-corrected chi connectivity index (χ3v) is 2.92. The minimum absolute atomic E-state index is 0. The van der Waals surface area contributed by atoms with Crippen LogP contribution in [-0.4, -0.2) is 9.97 Å². The number of benzene rings is 2. The molecule has 2 N–H and O–H groups in total. The van der Waals surface area contributed by atoms with Gasteiger partial charge in [-0.05, 0) is 42.6 Å². The predicted molar refractivity (Wildman–Crippen MR) is 85.1 cm³/mol. The maximum Gasteiger partial charge on any atom is 0.223 e. The Kier molecular flexibility index (Phi) is 6.04. The molecule has 0 unspecified atom stereocenters. The molecule has 107 valence electrons. The van der Waals surface area contributed by atoms with Crippen LogP contribution >= 0.6 is 0 Å². The van der Waals surface area contributed by atoms with E-state index in [-0.39, 0.29) is 32.7 Å². The topological polar surface area (TPSA) is 49.8 Å². The van der Waals surface area contributed by atoms with Gasteiger partial charge in [0, 0.05) is 44.1 Å². The zero-order valence-corrected chi connectivity index (χ0v) is 15.1. The minimum atomic E-state index is 0. The van der Waals surface area contributed by atoms with Crippen LogP contribution in [0.4, 0.5) is 23.1 Å². The van der Waals surface area contributed by atoms with Crippen molar-refractivity contribution in [3.05, 3.63) is 72.4 Å². The predicted octanol–water partition coefficient (Wildman–Crippen LogP) is 4.07. The first-order valence-corrected chi connectivity index (χ1v) is 6.70. The van der Waals surface area contributed by atoms with Gasteiger partial charge in [-0.15, -0.1) is 6.20 Å². The van der Waals surface area contributed by atoms with Crippen LogP contribution in [0.25, 0.3) is 0 Å². The summed E-state index contributed by atoms with van der Waals surface area (Å²) >= 11 is 0. The van der Waals surface area contributed by atoms with Gasteiger partial charge in [0.05, 0.1) is 0 Å². The first kappa shape index (κ1) is 16.6. The Morgan fingerprint density at radius 1 is 0.909 bits per heavy atom. The molecule has 0 bridgehead atoms. The fraction of sp³-hybridized carbons (Fsp3) is 0.0588. The van der Waals surface area contributed by atoms with E-state index in [2.05, 4.69) is 26.7 Å². The van der Waals surface area contributed by atoms with Crippen molar-refractivity contribution in [1.29, 1.82) is 0 Å². The minimum Gasteiger partial charge on any atom is -0.408 e. The molecule has 4 nitrogen and oxygen atoms in total. The van der Waals surface area contributed by atoms with E-state index in [1.165, 1.54) is 5.56 Å². The van der Waals surface area contributed by atoms with E-state index in [4.69, 9.17) is 0 Å². The monoisotopic (exact) mass is 364 g/mol. The molecule has 0 spiro atoms. The Hall–Kier alpha value is -1.78. The number of hydrogen-bond donors (Lipinski definition) is 2. The normalized spacial score (nSPS) is 9.68. The van der Waals surface area contributed by atoms with E-state index in [1.807, 2.05) is 61.5 Å². The molecule has 1 aromatic heterocycles. The summed E-state index contributed by atoms with van der Waals surface area (Å²) in [4.78, 5) is 8.59. The number of rotatable bonds is 4. The number of para-hydroxylation sites is 1. The zero-order chi connectivity index (χ0) is 14.5. The Bertz CT molecular complexity index is 731. The summed E-state index contributed by atoms with van der Waals surface area (Å²) < 4.78 is 0. The van der Waals surface area contributed by atoms with Gasteiger partial charge in [0.2, 0.25) is 5.95 Å². The second-order valence-corrected chi connectivity index (χ2v) is 4.67. The summed E-state index contributed by atoms with van der Waals surface area (Å²) in [7, 11) is 0. The molecule has 0 fully saturated rings. The van der Waals surface area contributed by atoms with Gasteiger partial charge >= 0.3 is 0 Å². The quantitative estimate of drug-likeness (QED) is 0.686. The maximum atomic E-state index is 4.40. The standard InChI is InChI=1S/C17H15N4.Y/c1-13-6-5-9-15(12-13)20-17-18-11-10-16(21-17)19-14-7-3-2-4-8-14;/h2-9,11-12H,1H3,(H2,18,19,20,21);/q-1;. The second kappa shape index (κ2) is 8.01. The molecule has 0 saturated carbocycles. The Morgan fingerprint density at radius 3 is 2.45 bits per heavy atom. The molecular weight excluding hydrogens is 349 g/mol. The van der Waals surface area contributed by atoms with Crippen molar-refractivity contribution < 1.29 is 32.7 Å². The van der Waals surface area contributed by atoms with Gasteiger partial charge in [-0.25, -0.2) is 4.98 Å². The SMILES string of the molecule is Cc1cccc(Nc2nc[c-]c(Nc3ccccc3)n2)c1.[Y]. The van der Waals surface area contributed by atoms with Crippen LogP contribution in [0.15, 0.2) is 60.8 Å². The van der Waals surface area contributed by atoms with E-state index in [0.29, 0.717) is 11.8 Å². The van der Waals surface area contributed by atoms with E-state index >= 15 is 0 Å². The molecule has 1 heterocycles. The smallest absolute Gasteiger partial charge is 0.223 e. The molecule has 2 aromatic carbocycles. The van der Waals surface area contributed by atoms with Crippen molar-refractivity contribution in [3.63, 3.8) is 0 Å². The van der Waals surface area contributed by atoms with E-state index in [1.54, 1.807) is 6.20 Å². The fourth-order valence-electron chi connectivity index (χ4n) is 1.96. The van der Waals surface area contributed by atoms with Crippen LogP contribution in [-0.2, 0) is 32.7 Å². The molecule has 0 aliphatic heterocycles. The molecule has 22 heavy (non-hydrogen) atoms. The van der Waals surface area contributed by atoms with Crippen LogP contribution in [0.3, 0.4) is 0 Å². The molecule has 0 aliphatic carbocycles. The molecular formula is C17H15N4Y-. The molecule has 3 rings (SSSR count). The van der Waals surface area contributed by atoms with E-state index in [0.717, 1.165) is 11.4 Å². The summed E-state index contributed by atoms with van der Waals surface area (Å²) in [6.45, 7) is 2.05. The maximum absolute atomic E-state index is 4.40. The molecule has 3 aromatic rings. The van der Waals surface area contributed by atoms with Gasteiger partial charge in [-0.3, -0.25) is 4.98 Å². The van der Waals surface area contributed by atoms with Crippen LogP contribution < -0.4 is 10.6 Å². The Labute approximate surface area is 155 Å². The number of anilines is 4. The van der Waals surface area contributed by atoms with Crippen LogP contribution in [0.2, 0.25) is 0 Å². The third-order valence-electron chi connectivity index (χ3n) is 2.92. The van der Waals surface area contributed by atoms with Crippen LogP contribution in [0, 0.1) is 13.0 Å². The Morgan fingerprint density at radius 2 is 1.68 bits per heavy atom. The first-order chi connectivity index (χ1) is 10.3. The molecule has 5 heteroatoms. The molecule has 0 atom stereocenters. The first-order valence-electron chi connectivity index (χ1n) is 6.70. The van der Waals surface area contributed by atoms with Crippen molar-refractivity contribution in [2.75, 3.05) is 10.6 Å². The van der Waals surface area contributed by atoms with Crippen molar-refractivity contribution in [1.82, 2.24) is 9.97 Å². The summed E-state index contributed by atoms with van der Waals surface area (Å²) in [5.74, 6) is 1.17. The Balaban J connectivity index is 0.00000176. The molecule has 0 saturated heterocycles. The molecule has 0 aliphatic rings. The zero-order valence-electron chi connectivity index (χ0n) is 12.2. The number of hydrogen-bond acceptors (Lipinski definition) is 4. The average Bonchev–Trinajstić information content (AvgIpc) is 2.49. The second-order valence-electron chi connectivity index (χ2n) is 4.67. The van der Waals surface area contributed by atoms with Gasteiger partial charge in [0.25, 0.3) is 0 Å². The van der Waals surface area contributed by atoms with Crippen LogP contribution in [0.1, 0.15) is 5.56 Å². The van der Waals surface area contributed by atoms with Gasteiger partial charge in [-0.2, -0.15) is 0 Å². The number of aryl methyl sites for hydroxylation is 1. The van der Waals surface area contributed by atoms with E-state index in [9.17, 15) is 0 Å². The van der Waals surface area contributed by atoms with Gasteiger partial charge in [0.1, 0.15) is 0 Å². The van der Waals surface area contributed by atoms with Crippen molar-refractivity contribution >= 4 is 23.1 Å². The van der Waals surface area contributed by atoms with Crippen LogP contribution in [0.5, 0.6) is 0 Å². The van der Waals surface area contributed by atoms with E-state index < -0.39 is 0 Å². The summed E-state index contributed by atoms with van der Waals surface area (Å²) in [5, 5.41) is 6.38. The van der Waals surface area contributed by atoms with Gasteiger partial charge in [0.15, 0.2) is 0 Å². The van der Waals surface area contributed by atoms with Gasteiger partial charge in [-0.1, -0.05) is 30.3 Å². The summed E-state index contributed by atoms with van der Waals surface area (Å²) in [6, 6.07) is 20.9. The molecule has 0 amide bonds. The van der Waals surface area contributed by atoms with Crippen molar-refractivity contribution in [2.45, 2.75) is 6.92 Å².